The van der Waals surface area contributed by atoms with E-state index in [0.29, 0.717) is 13.2 Å². The van der Waals surface area contributed by atoms with E-state index in [2.05, 4.69) is 15.3 Å². The summed E-state index contributed by atoms with van der Waals surface area (Å²) in [4.78, 5) is 8.32. The summed E-state index contributed by atoms with van der Waals surface area (Å²) in [6, 6.07) is 9.48. The van der Waals surface area contributed by atoms with Crippen LogP contribution in [0.4, 0.5) is 11.5 Å². The smallest absolute Gasteiger partial charge is 0.134 e. The number of hydrogen-bond donors (Lipinski definition) is 2. The number of aromatic nitrogens is 2. The molecule has 5 nitrogen and oxygen atoms in total. The molecule has 2 rings (SSSR count). The maximum Gasteiger partial charge on any atom is 0.134 e. The van der Waals surface area contributed by atoms with Crippen molar-refractivity contribution in [1.29, 1.82) is 0 Å². The predicted octanol–water partition coefficient (Wildman–Crippen LogP) is 1.87. The molecule has 1 aromatic carbocycles. The number of anilines is 2. The van der Waals surface area contributed by atoms with Crippen molar-refractivity contribution in [3.05, 3.63) is 42.4 Å². The van der Waals surface area contributed by atoms with Crippen molar-refractivity contribution in [2.24, 2.45) is 5.73 Å². The molecule has 0 fully saturated rings. The zero-order chi connectivity index (χ0) is 12.8. The Morgan fingerprint density at radius 1 is 1.22 bits per heavy atom. The highest BCUT2D eigenvalue weighted by atomic mass is 16.5. The normalized spacial score (nSPS) is 10.1. The van der Waals surface area contributed by atoms with Crippen LogP contribution in [0.15, 0.2) is 36.5 Å². The van der Waals surface area contributed by atoms with Crippen LogP contribution in [0.2, 0.25) is 0 Å². The summed E-state index contributed by atoms with van der Waals surface area (Å²) < 4.78 is 5.40. The van der Waals surface area contributed by atoms with Gasteiger partial charge in [-0.05, 0) is 37.3 Å². The molecule has 0 aliphatic carbocycles. The maximum absolute atomic E-state index is 5.40. The van der Waals surface area contributed by atoms with Gasteiger partial charge in [-0.25, -0.2) is 9.97 Å². The highest BCUT2D eigenvalue weighted by Crippen LogP contribution is 2.18. The Kier molecular flexibility index (Phi) is 4.09. The molecule has 2 aromatic rings. The maximum atomic E-state index is 5.40. The number of nitrogens with one attached hydrogen (secondary N) is 1. The van der Waals surface area contributed by atoms with Crippen molar-refractivity contribution in [3.8, 4) is 5.75 Å². The van der Waals surface area contributed by atoms with Crippen LogP contribution in [0.3, 0.4) is 0 Å². The van der Waals surface area contributed by atoms with Gasteiger partial charge in [0.25, 0.3) is 0 Å². The van der Waals surface area contributed by atoms with Crippen LogP contribution in [0.5, 0.6) is 5.75 Å². The van der Waals surface area contributed by atoms with Crippen molar-refractivity contribution in [2.75, 3.05) is 18.5 Å². The largest absolute Gasteiger partial charge is 0.492 e. The van der Waals surface area contributed by atoms with Crippen LogP contribution < -0.4 is 15.8 Å². The van der Waals surface area contributed by atoms with Gasteiger partial charge in [0, 0.05) is 18.4 Å². The predicted molar refractivity (Wildman–Crippen MR) is 71.0 cm³/mol. The molecule has 0 aliphatic rings. The Balaban J connectivity index is 2.02. The SMILES string of the molecule is Cc1nccc(Nc2ccc(OCCN)cc2)n1. The van der Waals surface area contributed by atoms with E-state index in [-0.39, 0.29) is 0 Å². The fraction of sp³-hybridized carbons (Fsp3) is 0.231. The van der Waals surface area contributed by atoms with E-state index in [1.165, 1.54) is 0 Å². The number of nitrogens with zero attached hydrogens (tertiary/aromatic N) is 2. The highest BCUT2D eigenvalue weighted by molar-refractivity contribution is 5.56. The molecular formula is C13H16N4O. The number of aryl methyl sites for hydroxylation is 1. The summed E-state index contributed by atoms with van der Waals surface area (Å²) in [6.45, 7) is 2.90. The summed E-state index contributed by atoms with van der Waals surface area (Å²) in [6.07, 6.45) is 1.73. The lowest BCUT2D eigenvalue weighted by Gasteiger charge is -2.08. The quantitative estimate of drug-likeness (QED) is 0.840. The highest BCUT2D eigenvalue weighted by Gasteiger charge is 1.98. The van der Waals surface area contributed by atoms with Gasteiger partial charge in [0.1, 0.15) is 24.0 Å². The summed E-state index contributed by atoms with van der Waals surface area (Å²) in [5, 5.41) is 3.20. The first-order chi connectivity index (χ1) is 8.78. The number of benzene rings is 1. The molecule has 1 aromatic heterocycles. The second-order valence-corrected chi connectivity index (χ2v) is 3.78. The van der Waals surface area contributed by atoms with Crippen LogP contribution >= 0.6 is 0 Å². The van der Waals surface area contributed by atoms with E-state index in [9.17, 15) is 0 Å². The summed E-state index contributed by atoms with van der Waals surface area (Å²) in [7, 11) is 0. The fourth-order valence-electron chi connectivity index (χ4n) is 1.48. The van der Waals surface area contributed by atoms with E-state index in [1.807, 2.05) is 37.3 Å². The van der Waals surface area contributed by atoms with Crippen LogP contribution in [0, 0.1) is 6.92 Å². The van der Waals surface area contributed by atoms with E-state index in [1.54, 1.807) is 6.20 Å². The lowest BCUT2D eigenvalue weighted by atomic mass is 10.3. The zero-order valence-corrected chi connectivity index (χ0v) is 10.3. The standard InChI is InChI=1S/C13H16N4O/c1-10-15-8-6-13(16-10)17-11-2-4-12(5-3-11)18-9-7-14/h2-6,8H,7,9,14H2,1H3,(H,15,16,17). The molecule has 0 aliphatic heterocycles. The number of hydrogen-bond acceptors (Lipinski definition) is 5. The van der Waals surface area contributed by atoms with Gasteiger partial charge in [0.2, 0.25) is 0 Å². The monoisotopic (exact) mass is 244 g/mol. The molecular weight excluding hydrogens is 228 g/mol. The summed E-state index contributed by atoms with van der Waals surface area (Å²) in [5.41, 5.74) is 6.32. The van der Waals surface area contributed by atoms with Gasteiger partial charge in [-0.3, -0.25) is 0 Å². The van der Waals surface area contributed by atoms with Crippen LogP contribution in [0.1, 0.15) is 5.82 Å². The first-order valence-electron chi connectivity index (χ1n) is 5.77. The van der Waals surface area contributed by atoms with Crippen LogP contribution in [-0.4, -0.2) is 23.1 Å². The molecule has 0 radical (unpaired) electrons. The molecule has 1 heterocycles. The van der Waals surface area contributed by atoms with Gasteiger partial charge in [0.15, 0.2) is 0 Å². The lowest BCUT2D eigenvalue weighted by molar-refractivity contribution is 0.328. The molecule has 94 valence electrons. The summed E-state index contributed by atoms with van der Waals surface area (Å²) >= 11 is 0. The number of rotatable bonds is 5. The van der Waals surface area contributed by atoms with E-state index in [4.69, 9.17) is 10.5 Å². The van der Waals surface area contributed by atoms with E-state index in [0.717, 1.165) is 23.1 Å². The third-order valence-corrected chi connectivity index (χ3v) is 2.29. The van der Waals surface area contributed by atoms with Gasteiger partial charge in [-0.1, -0.05) is 0 Å². The summed E-state index contributed by atoms with van der Waals surface area (Å²) in [5.74, 6) is 2.32. The van der Waals surface area contributed by atoms with E-state index < -0.39 is 0 Å². The van der Waals surface area contributed by atoms with Gasteiger partial charge in [0.05, 0.1) is 0 Å². The fourth-order valence-corrected chi connectivity index (χ4v) is 1.48. The average Bonchev–Trinajstić information content (AvgIpc) is 2.38. The molecule has 5 heteroatoms. The lowest BCUT2D eigenvalue weighted by Crippen LogP contribution is -2.10. The molecule has 0 atom stereocenters. The Bertz CT molecular complexity index is 499. The number of ether oxygens (including phenoxy) is 1. The minimum atomic E-state index is 0.514. The Hall–Kier alpha value is -2.14. The minimum absolute atomic E-state index is 0.514. The van der Waals surface area contributed by atoms with Gasteiger partial charge in [-0.2, -0.15) is 0 Å². The van der Waals surface area contributed by atoms with Crippen molar-refractivity contribution in [1.82, 2.24) is 9.97 Å². The van der Waals surface area contributed by atoms with Crippen molar-refractivity contribution in [3.63, 3.8) is 0 Å². The molecule has 3 N–H and O–H groups in total. The first-order valence-corrected chi connectivity index (χ1v) is 5.77. The van der Waals surface area contributed by atoms with Crippen molar-refractivity contribution < 1.29 is 4.74 Å². The van der Waals surface area contributed by atoms with Crippen molar-refractivity contribution >= 4 is 11.5 Å². The van der Waals surface area contributed by atoms with Gasteiger partial charge in [-0.15, -0.1) is 0 Å². The third-order valence-electron chi connectivity index (χ3n) is 2.29. The van der Waals surface area contributed by atoms with E-state index >= 15 is 0 Å². The first kappa shape index (κ1) is 12.3. The molecule has 0 spiro atoms. The second-order valence-electron chi connectivity index (χ2n) is 3.78. The third kappa shape index (κ3) is 3.43. The Morgan fingerprint density at radius 3 is 2.67 bits per heavy atom. The topological polar surface area (TPSA) is 73.1 Å². The Labute approximate surface area is 106 Å². The number of nitrogens with two attached hydrogens (primary N) is 1. The Morgan fingerprint density at radius 2 is 2.00 bits per heavy atom. The molecule has 0 bridgehead atoms. The molecule has 0 unspecified atom stereocenters. The average molecular weight is 244 g/mol. The van der Waals surface area contributed by atoms with Crippen LogP contribution in [-0.2, 0) is 0 Å². The van der Waals surface area contributed by atoms with Crippen molar-refractivity contribution in [2.45, 2.75) is 6.92 Å². The molecule has 0 saturated heterocycles. The molecule has 18 heavy (non-hydrogen) atoms. The minimum Gasteiger partial charge on any atom is -0.492 e. The second kappa shape index (κ2) is 5.97. The molecule has 0 amide bonds. The van der Waals surface area contributed by atoms with Gasteiger partial charge < -0.3 is 15.8 Å². The van der Waals surface area contributed by atoms with Gasteiger partial charge >= 0.3 is 0 Å². The zero-order valence-electron chi connectivity index (χ0n) is 10.3. The molecule has 0 saturated carbocycles. The van der Waals surface area contributed by atoms with Crippen LogP contribution in [0.25, 0.3) is 0 Å².